The second-order valence-electron chi connectivity index (χ2n) is 5.25. The molecule has 0 aliphatic heterocycles. The van der Waals surface area contributed by atoms with E-state index in [1.54, 1.807) is 18.8 Å². The minimum atomic E-state index is 0. The van der Waals surface area contributed by atoms with E-state index in [0.717, 1.165) is 36.7 Å². The van der Waals surface area contributed by atoms with Crippen LogP contribution in [0.1, 0.15) is 29.5 Å². The third kappa shape index (κ3) is 5.22. The molecule has 3 N–H and O–H groups in total. The summed E-state index contributed by atoms with van der Waals surface area (Å²) in [4.78, 5) is 4.22. The largest absolute Gasteiger partial charge is 0.508 e. The van der Waals surface area contributed by atoms with Crippen LogP contribution in [0.2, 0.25) is 0 Å². The van der Waals surface area contributed by atoms with Crippen molar-refractivity contribution >= 4 is 41.7 Å². The van der Waals surface area contributed by atoms with Gasteiger partial charge in [-0.15, -0.1) is 24.0 Å². The van der Waals surface area contributed by atoms with Crippen LogP contribution in [0, 0.1) is 0 Å². The number of guanidine groups is 1. The lowest BCUT2D eigenvalue weighted by molar-refractivity contribution is 0.464. The van der Waals surface area contributed by atoms with E-state index in [1.807, 2.05) is 6.07 Å². The summed E-state index contributed by atoms with van der Waals surface area (Å²) in [6.45, 7) is 1.51. The minimum Gasteiger partial charge on any atom is -0.508 e. The van der Waals surface area contributed by atoms with Crippen LogP contribution in [0.5, 0.6) is 5.75 Å². The van der Waals surface area contributed by atoms with Crippen molar-refractivity contribution in [3.63, 3.8) is 0 Å². The first-order chi connectivity index (χ1) is 10.3. The zero-order valence-electron chi connectivity index (χ0n) is 13.3. The van der Waals surface area contributed by atoms with E-state index in [4.69, 9.17) is 0 Å². The van der Waals surface area contributed by atoms with Crippen LogP contribution >= 0.6 is 35.7 Å². The molecule has 0 fully saturated rings. The average molecular weight is 435 g/mol. The van der Waals surface area contributed by atoms with Crippen molar-refractivity contribution in [3.05, 3.63) is 28.8 Å². The van der Waals surface area contributed by atoms with Crippen molar-refractivity contribution < 1.29 is 5.11 Å². The second-order valence-corrected chi connectivity index (χ2v) is 6.24. The third-order valence-corrected chi connectivity index (χ3v) is 4.49. The van der Waals surface area contributed by atoms with Crippen molar-refractivity contribution in [1.29, 1.82) is 0 Å². The Kier molecular flexibility index (Phi) is 9.00. The molecular weight excluding hydrogens is 409 g/mol. The van der Waals surface area contributed by atoms with Crippen LogP contribution in [-0.4, -0.2) is 36.7 Å². The number of aromatic hydroxyl groups is 1. The van der Waals surface area contributed by atoms with Crippen molar-refractivity contribution in [1.82, 2.24) is 10.6 Å². The maximum Gasteiger partial charge on any atom is 0.191 e. The minimum absolute atomic E-state index is 0. The Balaban J connectivity index is 0.00000242. The Bertz CT molecular complexity index is 508. The van der Waals surface area contributed by atoms with Gasteiger partial charge in [-0.2, -0.15) is 11.8 Å². The summed E-state index contributed by atoms with van der Waals surface area (Å²) in [7, 11) is 1.77. The van der Waals surface area contributed by atoms with Gasteiger partial charge in [0.05, 0.1) is 0 Å². The molecule has 0 amide bonds. The molecule has 0 heterocycles. The first-order valence-corrected chi connectivity index (χ1v) is 8.91. The fraction of sp³-hybridized carbons (Fsp3) is 0.562. The van der Waals surface area contributed by atoms with Gasteiger partial charge >= 0.3 is 0 Å². The van der Waals surface area contributed by atoms with E-state index in [-0.39, 0.29) is 24.0 Å². The summed E-state index contributed by atoms with van der Waals surface area (Å²) in [5.41, 5.74) is 3.74. The number of fused-ring (bicyclic) bond motifs is 1. The Hall–Kier alpha value is -0.630. The van der Waals surface area contributed by atoms with Crippen molar-refractivity contribution in [3.8, 4) is 5.75 Å². The number of aliphatic imine (C=N–C) groups is 1. The first-order valence-electron chi connectivity index (χ1n) is 7.52. The fourth-order valence-corrected chi connectivity index (χ4v) is 3.06. The smallest absolute Gasteiger partial charge is 0.191 e. The number of thioether (sulfide) groups is 1. The number of phenols is 1. The molecule has 0 atom stereocenters. The lowest BCUT2D eigenvalue weighted by Crippen LogP contribution is -2.38. The molecule has 0 unspecified atom stereocenters. The van der Waals surface area contributed by atoms with Gasteiger partial charge in [-0.25, -0.2) is 0 Å². The standard InChI is InChI=1S/C16H25N3OS.HI/c1-17-16(18-9-10-21-2)19-11-14-13-6-4-3-5-12(13)7-8-15(14)20;/h7-8,20H,3-6,9-11H2,1-2H3,(H2,17,18,19);1H. The van der Waals surface area contributed by atoms with Crippen LogP contribution in [-0.2, 0) is 19.4 Å². The highest BCUT2D eigenvalue weighted by molar-refractivity contribution is 14.0. The highest BCUT2D eigenvalue weighted by Crippen LogP contribution is 2.30. The number of hydrogen-bond acceptors (Lipinski definition) is 3. The molecule has 0 bridgehead atoms. The van der Waals surface area contributed by atoms with Gasteiger partial charge in [0.25, 0.3) is 0 Å². The van der Waals surface area contributed by atoms with E-state index in [9.17, 15) is 5.11 Å². The molecule has 0 radical (unpaired) electrons. The quantitative estimate of drug-likeness (QED) is 0.288. The lowest BCUT2D eigenvalue weighted by Gasteiger charge is -2.21. The molecule has 0 spiro atoms. The fourth-order valence-electron chi connectivity index (χ4n) is 2.75. The molecule has 0 aromatic heterocycles. The van der Waals surface area contributed by atoms with E-state index in [1.165, 1.54) is 24.0 Å². The van der Waals surface area contributed by atoms with Gasteiger partial charge in [0, 0.05) is 31.5 Å². The highest BCUT2D eigenvalue weighted by Gasteiger charge is 2.16. The van der Waals surface area contributed by atoms with Gasteiger partial charge in [0.1, 0.15) is 5.75 Å². The van der Waals surface area contributed by atoms with Gasteiger partial charge in [-0.3, -0.25) is 4.99 Å². The number of rotatable bonds is 5. The molecule has 1 aliphatic rings. The number of hydrogen-bond donors (Lipinski definition) is 3. The predicted molar refractivity (Wildman–Crippen MR) is 107 cm³/mol. The summed E-state index contributed by atoms with van der Waals surface area (Å²) in [5.74, 6) is 2.23. The maximum absolute atomic E-state index is 10.2. The monoisotopic (exact) mass is 435 g/mol. The van der Waals surface area contributed by atoms with Crippen LogP contribution in [0.25, 0.3) is 0 Å². The number of halogens is 1. The molecule has 6 heteroatoms. The summed E-state index contributed by atoms with van der Waals surface area (Å²) in [5, 5.41) is 16.7. The van der Waals surface area contributed by atoms with Gasteiger partial charge in [0.15, 0.2) is 5.96 Å². The lowest BCUT2D eigenvalue weighted by atomic mass is 9.88. The summed E-state index contributed by atoms with van der Waals surface area (Å²) < 4.78 is 0. The van der Waals surface area contributed by atoms with Crippen LogP contribution in [0.3, 0.4) is 0 Å². The molecule has 22 heavy (non-hydrogen) atoms. The molecule has 0 saturated heterocycles. The molecule has 1 aromatic carbocycles. The SMILES string of the molecule is CN=C(NCCSC)NCc1c(O)ccc2c1CCCC2.I. The van der Waals surface area contributed by atoms with Gasteiger partial charge in [0.2, 0.25) is 0 Å². The topological polar surface area (TPSA) is 56.7 Å². The normalized spacial score (nSPS) is 14.0. The summed E-state index contributed by atoms with van der Waals surface area (Å²) in [6.07, 6.45) is 6.75. The molecule has 2 rings (SSSR count). The number of nitrogens with zero attached hydrogens (tertiary/aromatic N) is 1. The van der Waals surface area contributed by atoms with Crippen molar-refractivity contribution in [2.45, 2.75) is 32.2 Å². The van der Waals surface area contributed by atoms with Crippen LogP contribution in [0.15, 0.2) is 17.1 Å². The molecule has 124 valence electrons. The number of phenolic OH excluding ortho intramolecular Hbond substituents is 1. The van der Waals surface area contributed by atoms with Crippen molar-refractivity contribution in [2.75, 3.05) is 25.6 Å². The van der Waals surface area contributed by atoms with E-state index < -0.39 is 0 Å². The van der Waals surface area contributed by atoms with E-state index >= 15 is 0 Å². The molecular formula is C16H26IN3OS. The van der Waals surface area contributed by atoms with Crippen LogP contribution < -0.4 is 10.6 Å². The summed E-state index contributed by atoms with van der Waals surface area (Å²) >= 11 is 1.80. The predicted octanol–water partition coefficient (Wildman–Crippen LogP) is 2.92. The first kappa shape index (κ1) is 19.4. The molecule has 1 aliphatic carbocycles. The Labute approximate surface area is 154 Å². The van der Waals surface area contributed by atoms with Gasteiger partial charge in [-0.1, -0.05) is 6.07 Å². The Morgan fingerprint density at radius 2 is 2.05 bits per heavy atom. The summed E-state index contributed by atoms with van der Waals surface area (Å²) in [6, 6.07) is 3.89. The number of aryl methyl sites for hydroxylation is 1. The highest BCUT2D eigenvalue weighted by atomic mass is 127. The Morgan fingerprint density at radius 3 is 2.77 bits per heavy atom. The van der Waals surface area contributed by atoms with Gasteiger partial charge < -0.3 is 15.7 Å². The zero-order valence-corrected chi connectivity index (χ0v) is 16.5. The van der Waals surface area contributed by atoms with E-state index in [2.05, 4.69) is 27.9 Å². The second kappa shape index (κ2) is 10.2. The average Bonchev–Trinajstić information content (AvgIpc) is 2.52. The van der Waals surface area contributed by atoms with E-state index in [0.29, 0.717) is 12.3 Å². The number of benzene rings is 1. The molecule has 4 nitrogen and oxygen atoms in total. The molecule has 0 saturated carbocycles. The maximum atomic E-state index is 10.2. The third-order valence-electron chi connectivity index (χ3n) is 3.88. The molecule has 1 aromatic rings. The van der Waals surface area contributed by atoms with Gasteiger partial charge in [-0.05, 0) is 49.1 Å². The van der Waals surface area contributed by atoms with Crippen molar-refractivity contribution in [2.24, 2.45) is 4.99 Å². The van der Waals surface area contributed by atoms with Crippen LogP contribution in [0.4, 0.5) is 0 Å². The zero-order chi connectivity index (χ0) is 15.1. The number of nitrogens with one attached hydrogen (secondary N) is 2. The Morgan fingerprint density at radius 1 is 1.27 bits per heavy atom.